The average Bonchev–Trinajstić information content (AvgIpc) is 2.84. The van der Waals surface area contributed by atoms with E-state index in [2.05, 4.69) is 81.8 Å². The first-order valence-electron chi connectivity index (χ1n) is 13.1. The van der Waals surface area contributed by atoms with Crippen LogP contribution in [0.3, 0.4) is 0 Å². The third kappa shape index (κ3) is 11.2. The van der Waals surface area contributed by atoms with Crippen LogP contribution in [-0.2, 0) is 55.3 Å². The Morgan fingerprint density at radius 3 is 1.20 bits per heavy atom. The van der Waals surface area contributed by atoms with Crippen molar-refractivity contribution >= 4 is 11.4 Å². The molecule has 0 spiro atoms. The van der Waals surface area contributed by atoms with Gasteiger partial charge in [0.1, 0.15) is 0 Å². The van der Waals surface area contributed by atoms with Crippen LogP contribution in [0.15, 0.2) is 24.3 Å². The molecule has 3 nitrogen and oxygen atoms in total. The second kappa shape index (κ2) is 20.5. The fourth-order valence-corrected chi connectivity index (χ4v) is 4.49. The Hall–Kier alpha value is -0.534. The minimum Gasteiger partial charge on any atom is -1.00 e. The van der Waals surface area contributed by atoms with Crippen LogP contribution in [0.25, 0.3) is 0 Å². The number of hydrogen-bond donors (Lipinski definition) is 3. The molecule has 2 rings (SSSR count). The zero-order valence-corrected chi connectivity index (χ0v) is 26.9. The Balaban J connectivity index is 0. The van der Waals surface area contributed by atoms with Gasteiger partial charge in [0, 0.05) is 31.0 Å². The van der Waals surface area contributed by atoms with Gasteiger partial charge < -0.3 is 49.9 Å². The molecule has 3 N–H and O–H groups in total. The fraction of sp³-hybridized carbons (Fsp3) is 0.586. The van der Waals surface area contributed by atoms with Gasteiger partial charge in [-0.25, -0.2) is 0 Å². The Labute approximate surface area is 247 Å². The molecule has 0 aliphatic carbocycles. The van der Waals surface area contributed by atoms with Gasteiger partial charge in [0.15, 0.2) is 0 Å². The summed E-state index contributed by atoms with van der Waals surface area (Å²) < 4.78 is 0. The first-order valence-corrected chi connectivity index (χ1v) is 13.1. The summed E-state index contributed by atoms with van der Waals surface area (Å²) in [5.74, 6) is 0. The van der Waals surface area contributed by atoms with Crippen LogP contribution in [0.5, 0.6) is 0 Å². The molecule has 0 aliphatic rings. The van der Waals surface area contributed by atoms with E-state index in [9.17, 15) is 0 Å². The van der Waals surface area contributed by atoms with Crippen molar-refractivity contribution in [2.24, 2.45) is 0 Å². The molecule has 0 saturated carbocycles. The maximum atomic E-state index is 3.74. The van der Waals surface area contributed by atoms with Gasteiger partial charge in [0.05, 0.1) is 0 Å². The molecule has 6 heteroatoms. The minimum atomic E-state index is 0. The number of aryl methyl sites for hydroxylation is 6. The molecular weight excluding hydrogens is 609 g/mol. The van der Waals surface area contributed by atoms with Crippen LogP contribution >= 0.6 is 0 Å². The molecule has 201 valence electrons. The van der Waals surface area contributed by atoms with Crippen LogP contribution < -0.4 is 49.9 Å². The molecular formula is C29H47Br2CoN3. The third-order valence-electron chi connectivity index (χ3n) is 6.50. The molecule has 0 saturated heterocycles. The normalized spacial score (nSPS) is 10.1. The van der Waals surface area contributed by atoms with Gasteiger partial charge in [-0.3, -0.25) is 0 Å². The second-order valence-corrected chi connectivity index (χ2v) is 8.66. The molecule has 0 aliphatic heterocycles. The van der Waals surface area contributed by atoms with Gasteiger partial charge in [0.2, 0.25) is 0 Å². The molecule has 0 unspecified atom stereocenters. The average molecular weight is 656 g/mol. The number of rotatable bonds is 15. The predicted octanol–water partition coefficient (Wildman–Crippen LogP) is 0.570. The Morgan fingerprint density at radius 1 is 0.486 bits per heavy atom. The van der Waals surface area contributed by atoms with Gasteiger partial charge in [-0.15, -0.1) is 0 Å². The maximum Gasteiger partial charge on any atom is 2.00 e. The first-order chi connectivity index (χ1) is 15.6. The molecule has 0 bridgehead atoms. The van der Waals surface area contributed by atoms with E-state index in [0.29, 0.717) is 0 Å². The summed E-state index contributed by atoms with van der Waals surface area (Å²) in [6, 6.07) is 9.52. The van der Waals surface area contributed by atoms with Crippen LogP contribution in [0.2, 0.25) is 0 Å². The standard InChI is InChI=1S/C29H47N3.2BrH.Co/c1-7-22-18-24(9-3)28(25(10-4)19-22)31-15-13-14-30-16-17-32-29-26(11-5)20-23(8-2)21-27(29)12-6;;;/h18-21,30-32H,7-17H2,1-6H3;2*1H;/q;;;+2/p-2. The van der Waals surface area contributed by atoms with E-state index in [1.54, 1.807) is 0 Å². The summed E-state index contributed by atoms with van der Waals surface area (Å²) in [6.07, 6.45) is 7.70. The topological polar surface area (TPSA) is 36.1 Å². The summed E-state index contributed by atoms with van der Waals surface area (Å²) >= 11 is 0. The second-order valence-electron chi connectivity index (χ2n) is 8.66. The van der Waals surface area contributed by atoms with Gasteiger partial charge in [-0.1, -0.05) is 65.8 Å². The zero-order valence-electron chi connectivity index (χ0n) is 22.7. The Morgan fingerprint density at radius 2 is 0.857 bits per heavy atom. The number of halogens is 2. The zero-order chi connectivity index (χ0) is 23.3. The predicted molar refractivity (Wildman–Crippen MR) is 144 cm³/mol. The summed E-state index contributed by atoms with van der Waals surface area (Å²) in [4.78, 5) is 0. The third-order valence-corrected chi connectivity index (χ3v) is 6.50. The van der Waals surface area contributed by atoms with Crippen LogP contribution in [-0.4, -0.2) is 26.2 Å². The van der Waals surface area contributed by atoms with Gasteiger partial charge >= 0.3 is 16.8 Å². The molecule has 0 atom stereocenters. The smallest absolute Gasteiger partial charge is 1.00 e. The van der Waals surface area contributed by atoms with Crippen LogP contribution in [0.4, 0.5) is 11.4 Å². The van der Waals surface area contributed by atoms with Gasteiger partial charge in [-0.2, -0.15) is 0 Å². The summed E-state index contributed by atoms with van der Waals surface area (Å²) in [5, 5.41) is 11.1. The fourth-order valence-electron chi connectivity index (χ4n) is 4.49. The summed E-state index contributed by atoms with van der Waals surface area (Å²) in [6.45, 7) is 17.6. The van der Waals surface area contributed by atoms with Crippen LogP contribution in [0, 0.1) is 0 Å². The van der Waals surface area contributed by atoms with Crippen molar-refractivity contribution in [3.8, 4) is 0 Å². The number of benzene rings is 2. The quantitative estimate of drug-likeness (QED) is 0.246. The first kappa shape index (κ1) is 36.6. The molecule has 0 heterocycles. The number of anilines is 2. The van der Waals surface area contributed by atoms with Gasteiger partial charge in [0.25, 0.3) is 0 Å². The van der Waals surface area contributed by atoms with Crippen molar-refractivity contribution in [3.63, 3.8) is 0 Å². The minimum absolute atomic E-state index is 0. The molecule has 0 aromatic heterocycles. The van der Waals surface area contributed by atoms with E-state index < -0.39 is 0 Å². The largest absolute Gasteiger partial charge is 2.00 e. The van der Waals surface area contributed by atoms with E-state index in [-0.39, 0.29) is 50.7 Å². The molecule has 35 heavy (non-hydrogen) atoms. The van der Waals surface area contributed by atoms with E-state index >= 15 is 0 Å². The molecule has 2 aromatic carbocycles. The van der Waals surface area contributed by atoms with E-state index in [1.165, 1.54) is 44.8 Å². The molecule has 0 amide bonds. The Bertz CT molecular complexity index is 723. The number of hydrogen-bond acceptors (Lipinski definition) is 3. The van der Waals surface area contributed by atoms with Crippen molar-refractivity contribution < 1.29 is 50.7 Å². The monoisotopic (exact) mass is 654 g/mol. The van der Waals surface area contributed by atoms with E-state index in [4.69, 9.17) is 0 Å². The SMILES string of the molecule is CCc1cc(CC)c(NCCCNCCNc2c(CC)cc(CC)cc2CC)c(CC)c1.[Br-].[Br-].[Co+2]. The van der Waals surface area contributed by atoms with Crippen molar-refractivity contribution in [2.45, 2.75) is 86.5 Å². The summed E-state index contributed by atoms with van der Waals surface area (Å²) in [7, 11) is 0. The molecule has 1 radical (unpaired) electrons. The van der Waals surface area contributed by atoms with Crippen LogP contribution in [0.1, 0.15) is 81.3 Å². The summed E-state index contributed by atoms with van der Waals surface area (Å²) in [5.41, 5.74) is 11.5. The maximum absolute atomic E-state index is 3.74. The number of nitrogens with one attached hydrogen (secondary N) is 3. The van der Waals surface area contributed by atoms with Crippen molar-refractivity contribution in [2.75, 3.05) is 36.8 Å². The van der Waals surface area contributed by atoms with Crippen molar-refractivity contribution in [3.05, 3.63) is 57.6 Å². The van der Waals surface area contributed by atoms with Crippen molar-refractivity contribution in [1.82, 2.24) is 5.32 Å². The van der Waals surface area contributed by atoms with Crippen molar-refractivity contribution in [1.29, 1.82) is 0 Å². The molecule has 0 fully saturated rings. The van der Waals surface area contributed by atoms with Gasteiger partial charge in [-0.05, 0) is 84.9 Å². The van der Waals surface area contributed by atoms with E-state index in [0.717, 1.165) is 71.1 Å². The van der Waals surface area contributed by atoms with E-state index in [1.807, 2.05) is 0 Å². The Kier molecular flexibility index (Phi) is 21.5. The molecule has 2 aromatic rings.